The van der Waals surface area contributed by atoms with E-state index in [-0.39, 0.29) is 10.5 Å². The molecule has 31 heavy (non-hydrogen) atoms. The van der Waals surface area contributed by atoms with Crippen molar-refractivity contribution in [2.24, 2.45) is 0 Å². The molecule has 8 nitrogen and oxygen atoms in total. The first-order chi connectivity index (χ1) is 14.9. The number of aromatic nitrogens is 1. The molecule has 1 amide bonds. The number of nitrogens with zero attached hydrogens (tertiary/aromatic N) is 3. The van der Waals surface area contributed by atoms with Crippen molar-refractivity contribution in [2.45, 2.75) is 4.90 Å². The van der Waals surface area contributed by atoms with E-state index in [1.165, 1.54) is 37.6 Å². The first-order valence-corrected chi connectivity index (χ1v) is 12.8. The fourth-order valence-electron chi connectivity index (χ4n) is 3.18. The molecule has 3 aromatic rings. The number of rotatable bonds is 6. The molecule has 4 rings (SSSR count). The number of sulfonamides is 1. The standard InChI is InChI=1S/C20H22N4O4S3/c1-23(2)31(26,27)14-5-6-17(24-7-9-28-10-8-24)15(12-14)19(25)22-20-21-16(13-30-20)18-4-3-11-29-18/h3-6,11-13H,7-10H2,1-2H3,(H,21,22,25). The molecule has 0 radical (unpaired) electrons. The molecule has 0 atom stereocenters. The third-order valence-corrected chi connectivity index (χ3v) is 8.30. The van der Waals surface area contributed by atoms with E-state index in [2.05, 4.69) is 10.3 Å². The zero-order valence-electron chi connectivity index (χ0n) is 17.1. The van der Waals surface area contributed by atoms with Crippen LogP contribution in [0, 0.1) is 0 Å². The molecule has 0 aliphatic carbocycles. The van der Waals surface area contributed by atoms with Gasteiger partial charge in [0.1, 0.15) is 0 Å². The maximum atomic E-state index is 13.2. The summed E-state index contributed by atoms with van der Waals surface area (Å²) in [7, 11) is -0.750. The summed E-state index contributed by atoms with van der Waals surface area (Å²) >= 11 is 2.91. The zero-order chi connectivity index (χ0) is 22.0. The second kappa shape index (κ2) is 9.05. The van der Waals surface area contributed by atoms with Crippen LogP contribution in [0.2, 0.25) is 0 Å². The van der Waals surface area contributed by atoms with E-state index in [0.29, 0.717) is 37.1 Å². The number of nitrogens with one attached hydrogen (secondary N) is 1. The quantitative estimate of drug-likeness (QED) is 0.585. The number of hydrogen-bond acceptors (Lipinski definition) is 8. The number of hydrogen-bond donors (Lipinski definition) is 1. The molecule has 11 heteroatoms. The van der Waals surface area contributed by atoms with Crippen LogP contribution < -0.4 is 10.2 Å². The van der Waals surface area contributed by atoms with E-state index in [0.717, 1.165) is 14.9 Å². The van der Waals surface area contributed by atoms with Gasteiger partial charge in [0.15, 0.2) is 5.13 Å². The molecule has 1 N–H and O–H groups in total. The minimum Gasteiger partial charge on any atom is -0.378 e. The van der Waals surface area contributed by atoms with Crippen molar-refractivity contribution >= 4 is 49.4 Å². The van der Waals surface area contributed by atoms with E-state index >= 15 is 0 Å². The van der Waals surface area contributed by atoms with Crippen LogP contribution in [-0.2, 0) is 14.8 Å². The number of thiophene rings is 1. The Labute approximate surface area is 189 Å². The molecule has 0 spiro atoms. The van der Waals surface area contributed by atoms with Crippen LogP contribution >= 0.6 is 22.7 Å². The molecule has 1 fully saturated rings. The molecule has 1 saturated heterocycles. The summed E-state index contributed by atoms with van der Waals surface area (Å²) < 4.78 is 31.8. The van der Waals surface area contributed by atoms with Gasteiger partial charge in [-0.2, -0.15) is 0 Å². The molecular formula is C20H22N4O4S3. The van der Waals surface area contributed by atoms with Crippen molar-refractivity contribution in [1.82, 2.24) is 9.29 Å². The second-order valence-corrected chi connectivity index (χ2v) is 11.0. The molecule has 0 bridgehead atoms. The van der Waals surface area contributed by atoms with Crippen LogP contribution in [0.15, 0.2) is 46.0 Å². The Morgan fingerprint density at radius 2 is 1.97 bits per heavy atom. The van der Waals surface area contributed by atoms with E-state index in [9.17, 15) is 13.2 Å². The zero-order valence-corrected chi connectivity index (χ0v) is 19.5. The van der Waals surface area contributed by atoms with Gasteiger partial charge in [0.05, 0.1) is 34.2 Å². The van der Waals surface area contributed by atoms with Crippen molar-refractivity contribution in [3.05, 3.63) is 46.7 Å². The van der Waals surface area contributed by atoms with E-state index in [1.807, 2.05) is 27.8 Å². The summed E-state index contributed by atoms with van der Waals surface area (Å²) in [6, 6.07) is 8.58. The lowest BCUT2D eigenvalue weighted by atomic mass is 10.1. The second-order valence-electron chi connectivity index (χ2n) is 7.04. The SMILES string of the molecule is CN(C)S(=O)(=O)c1ccc(N2CCOCC2)c(C(=O)Nc2nc(-c3cccs3)cs2)c1. The number of amides is 1. The van der Waals surface area contributed by atoms with E-state index in [4.69, 9.17) is 4.74 Å². The van der Waals surface area contributed by atoms with Crippen molar-refractivity contribution in [3.63, 3.8) is 0 Å². The number of carbonyl (C=O) groups is 1. The van der Waals surface area contributed by atoms with Gasteiger partial charge in [-0.05, 0) is 29.6 Å². The van der Waals surface area contributed by atoms with Crippen molar-refractivity contribution < 1.29 is 17.9 Å². The lowest BCUT2D eigenvalue weighted by Crippen LogP contribution is -2.37. The minimum atomic E-state index is -3.68. The van der Waals surface area contributed by atoms with Gasteiger partial charge in [0.2, 0.25) is 10.0 Å². The Morgan fingerprint density at radius 3 is 2.65 bits per heavy atom. The molecule has 1 aliphatic heterocycles. The summed E-state index contributed by atoms with van der Waals surface area (Å²) in [6.45, 7) is 2.35. The Hall–Kier alpha value is -2.31. The monoisotopic (exact) mass is 478 g/mol. The number of anilines is 2. The number of morpholine rings is 1. The highest BCUT2D eigenvalue weighted by molar-refractivity contribution is 7.89. The van der Waals surface area contributed by atoms with Crippen LogP contribution in [0.25, 0.3) is 10.6 Å². The summed E-state index contributed by atoms with van der Waals surface area (Å²) in [4.78, 5) is 20.8. The third kappa shape index (κ3) is 4.65. The lowest BCUT2D eigenvalue weighted by Gasteiger charge is -2.30. The molecule has 1 aliphatic rings. The fraction of sp³-hybridized carbons (Fsp3) is 0.300. The molecule has 3 heterocycles. The summed E-state index contributed by atoms with van der Waals surface area (Å²) in [5, 5.41) is 7.15. The van der Waals surface area contributed by atoms with Crippen LogP contribution in [0.4, 0.5) is 10.8 Å². The van der Waals surface area contributed by atoms with Crippen molar-refractivity contribution in [1.29, 1.82) is 0 Å². The average Bonchev–Trinajstić information content (AvgIpc) is 3.46. The highest BCUT2D eigenvalue weighted by Gasteiger charge is 2.25. The topological polar surface area (TPSA) is 91.8 Å². The van der Waals surface area contributed by atoms with Gasteiger partial charge in [0.25, 0.3) is 5.91 Å². The van der Waals surface area contributed by atoms with Crippen LogP contribution in [0.1, 0.15) is 10.4 Å². The predicted octanol–water partition coefficient (Wildman–Crippen LogP) is 3.21. The molecule has 0 unspecified atom stereocenters. The molecule has 0 saturated carbocycles. The Bertz CT molecular complexity index is 1170. The Morgan fingerprint density at radius 1 is 1.19 bits per heavy atom. The van der Waals surface area contributed by atoms with Crippen LogP contribution in [0.3, 0.4) is 0 Å². The first-order valence-electron chi connectivity index (χ1n) is 9.56. The minimum absolute atomic E-state index is 0.0677. The summed E-state index contributed by atoms with van der Waals surface area (Å²) in [5.41, 5.74) is 1.76. The van der Waals surface area contributed by atoms with E-state index in [1.54, 1.807) is 17.4 Å². The third-order valence-electron chi connectivity index (χ3n) is 4.84. The number of benzene rings is 1. The van der Waals surface area contributed by atoms with Gasteiger partial charge < -0.3 is 9.64 Å². The maximum Gasteiger partial charge on any atom is 0.259 e. The van der Waals surface area contributed by atoms with Gasteiger partial charge in [0, 0.05) is 38.3 Å². The number of carbonyl (C=O) groups excluding carboxylic acids is 1. The largest absolute Gasteiger partial charge is 0.378 e. The molecule has 1 aromatic carbocycles. The Balaban J connectivity index is 1.67. The van der Waals surface area contributed by atoms with Gasteiger partial charge in [-0.25, -0.2) is 17.7 Å². The van der Waals surface area contributed by atoms with Crippen LogP contribution in [-0.4, -0.2) is 64.0 Å². The van der Waals surface area contributed by atoms with Gasteiger partial charge in [-0.1, -0.05) is 6.07 Å². The van der Waals surface area contributed by atoms with Gasteiger partial charge in [-0.15, -0.1) is 22.7 Å². The highest BCUT2D eigenvalue weighted by Crippen LogP contribution is 2.30. The van der Waals surface area contributed by atoms with E-state index < -0.39 is 15.9 Å². The first kappa shape index (κ1) is 21.9. The summed E-state index contributed by atoms with van der Waals surface area (Å²) in [5.74, 6) is -0.399. The van der Waals surface area contributed by atoms with Gasteiger partial charge in [-0.3, -0.25) is 10.1 Å². The number of thiazole rings is 1. The molecule has 2 aromatic heterocycles. The normalized spacial score (nSPS) is 14.7. The number of ether oxygens (including phenoxy) is 1. The van der Waals surface area contributed by atoms with Crippen molar-refractivity contribution in [2.75, 3.05) is 50.6 Å². The smallest absolute Gasteiger partial charge is 0.259 e. The molecular weight excluding hydrogens is 456 g/mol. The Kier molecular flexibility index (Phi) is 6.39. The van der Waals surface area contributed by atoms with Crippen LogP contribution in [0.5, 0.6) is 0 Å². The van der Waals surface area contributed by atoms with Crippen molar-refractivity contribution in [3.8, 4) is 10.6 Å². The average molecular weight is 479 g/mol. The fourth-order valence-corrected chi connectivity index (χ4v) is 5.58. The highest BCUT2D eigenvalue weighted by atomic mass is 32.2. The summed E-state index contributed by atoms with van der Waals surface area (Å²) in [6.07, 6.45) is 0. The maximum absolute atomic E-state index is 13.2. The predicted molar refractivity (Wildman–Crippen MR) is 124 cm³/mol. The lowest BCUT2D eigenvalue weighted by molar-refractivity contribution is 0.102. The molecule has 164 valence electrons. The van der Waals surface area contributed by atoms with Gasteiger partial charge >= 0.3 is 0 Å².